The lowest BCUT2D eigenvalue weighted by Gasteiger charge is -2.36. The Morgan fingerprint density at radius 2 is 1.86 bits per heavy atom. The lowest BCUT2D eigenvalue weighted by atomic mass is 9.99. The van der Waals surface area contributed by atoms with Gasteiger partial charge < -0.3 is 14.5 Å². The fourth-order valence-corrected chi connectivity index (χ4v) is 7.38. The molecule has 0 spiro atoms. The molecule has 0 unspecified atom stereocenters. The largest absolute Gasteiger partial charge is 0.469 e. The standard InChI is InChI=1S/C26H38N4O4SSi/c1-26(2,3)36(5,6)33-16-19-15-30-24(34-19)22(14-27-30)35(4,32)29-25(31)28-23-20-11-7-9-17(20)13-18-10-8-12-21(18)23/h13-14,19H,7-12,15-16H2,1-6H3,(H,28,31)/t19-,35-/m0/s1. The third-order valence-corrected chi connectivity index (χ3v) is 14.3. The van der Waals surface area contributed by atoms with E-state index in [4.69, 9.17) is 9.16 Å². The minimum atomic E-state index is -3.06. The fourth-order valence-electron chi connectivity index (χ4n) is 5.16. The van der Waals surface area contributed by atoms with Crippen LogP contribution in [0.1, 0.15) is 55.9 Å². The number of rotatable bonds is 5. The molecule has 1 aromatic heterocycles. The molecule has 2 aliphatic carbocycles. The molecule has 2 heterocycles. The minimum Gasteiger partial charge on any atom is -0.469 e. The first-order chi connectivity index (χ1) is 16.9. The normalized spacial score (nSPS) is 20.3. The Kier molecular flexibility index (Phi) is 6.36. The Balaban J connectivity index is 1.33. The van der Waals surface area contributed by atoms with E-state index in [1.807, 2.05) is 0 Å². The van der Waals surface area contributed by atoms with E-state index >= 15 is 0 Å². The second-order valence-corrected chi connectivity index (χ2v) is 18.9. The van der Waals surface area contributed by atoms with E-state index in [1.165, 1.54) is 34.7 Å². The van der Waals surface area contributed by atoms with Crippen molar-refractivity contribution in [3.63, 3.8) is 0 Å². The van der Waals surface area contributed by atoms with Gasteiger partial charge in [0.1, 0.15) is 11.0 Å². The Morgan fingerprint density at radius 1 is 1.22 bits per heavy atom. The van der Waals surface area contributed by atoms with Crippen LogP contribution in [0.2, 0.25) is 18.1 Å². The summed E-state index contributed by atoms with van der Waals surface area (Å²) in [5, 5.41) is 7.49. The molecule has 1 aromatic carbocycles. The highest BCUT2D eigenvalue weighted by Gasteiger charge is 2.39. The van der Waals surface area contributed by atoms with Crippen LogP contribution in [-0.2, 0) is 46.4 Å². The Bertz CT molecular complexity index is 1300. The number of aryl methyl sites for hydroxylation is 2. The molecule has 0 radical (unpaired) electrons. The number of aromatic nitrogens is 2. The zero-order valence-corrected chi connectivity index (χ0v) is 24.1. The van der Waals surface area contributed by atoms with Crippen molar-refractivity contribution in [1.29, 1.82) is 0 Å². The SMILES string of the molecule is CC(C)(C)[Si](C)(C)OC[C@@H]1Cn2ncc([S@](C)(=O)=NC(=O)Nc3c4c(cc5c3CCC5)CCC4)c2O1. The predicted molar refractivity (Wildman–Crippen MR) is 144 cm³/mol. The molecule has 0 bridgehead atoms. The average Bonchev–Trinajstić information content (AvgIpc) is 3.54. The summed E-state index contributed by atoms with van der Waals surface area (Å²) in [6.07, 6.45) is 9.00. The third-order valence-electron chi connectivity index (χ3n) is 8.22. The van der Waals surface area contributed by atoms with Crippen molar-refractivity contribution >= 4 is 29.8 Å². The number of nitrogens with one attached hydrogen (secondary N) is 1. The van der Waals surface area contributed by atoms with E-state index in [9.17, 15) is 9.00 Å². The number of carbonyl (C=O) groups is 1. The Morgan fingerprint density at radius 3 is 2.47 bits per heavy atom. The fraction of sp³-hybridized carbons (Fsp3) is 0.615. The molecule has 8 nitrogen and oxygen atoms in total. The van der Waals surface area contributed by atoms with Gasteiger partial charge in [-0.2, -0.15) is 5.10 Å². The summed E-state index contributed by atoms with van der Waals surface area (Å²) in [6.45, 7) is 12.0. The molecular weight excluding hydrogens is 492 g/mol. The second-order valence-electron chi connectivity index (χ2n) is 11.9. The van der Waals surface area contributed by atoms with Gasteiger partial charge in [-0.05, 0) is 78.9 Å². The lowest BCUT2D eigenvalue weighted by Crippen LogP contribution is -2.43. The third kappa shape index (κ3) is 4.63. The number of fused-ring (bicyclic) bond motifs is 3. The first kappa shape index (κ1) is 25.5. The Labute approximate surface area is 215 Å². The molecule has 0 saturated carbocycles. The molecule has 3 aliphatic rings. The van der Waals surface area contributed by atoms with Gasteiger partial charge >= 0.3 is 6.03 Å². The van der Waals surface area contributed by atoms with Crippen molar-refractivity contribution in [3.05, 3.63) is 34.5 Å². The van der Waals surface area contributed by atoms with E-state index in [2.05, 4.69) is 54.7 Å². The van der Waals surface area contributed by atoms with Gasteiger partial charge in [0.05, 0.1) is 29.1 Å². The topological polar surface area (TPSA) is 94.8 Å². The number of amides is 2. The quantitative estimate of drug-likeness (QED) is 0.527. The summed E-state index contributed by atoms with van der Waals surface area (Å²) in [5.41, 5.74) is 6.01. The summed E-state index contributed by atoms with van der Waals surface area (Å²) < 4.78 is 31.9. The maximum absolute atomic E-state index is 13.6. The first-order valence-corrected chi connectivity index (χ1v) is 17.7. The van der Waals surface area contributed by atoms with Gasteiger partial charge in [-0.15, -0.1) is 4.36 Å². The molecule has 2 amide bonds. The molecule has 0 saturated heterocycles. The van der Waals surface area contributed by atoms with Crippen molar-refractivity contribution in [3.8, 4) is 5.88 Å². The molecule has 0 fully saturated rings. The van der Waals surface area contributed by atoms with Crippen LogP contribution in [0, 0.1) is 0 Å². The highest BCUT2D eigenvalue weighted by Crippen LogP contribution is 2.39. The van der Waals surface area contributed by atoms with Crippen molar-refractivity contribution in [2.75, 3.05) is 18.2 Å². The highest BCUT2D eigenvalue weighted by atomic mass is 32.2. The molecule has 1 aliphatic heterocycles. The first-order valence-electron chi connectivity index (χ1n) is 12.9. The van der Waals surface area contributed by atoms with Gasteiger partial charge in [0.2, 0.25) is 5.88 Å². The summed E-state index contributed by atoms with van der Waals surface area (Å²) in [5.74, 6) is 0.421. The zero-order valence-electron chi connectivity index (χ0n) is 22.3. The van der Waals surface area contributed by atoms with Gasteiger partial charge in [0, 0.05) is 11.9 Å². The number of anilines is 1. The monoisotopic (exact) mass is 530 g/mol. The van der Waals surface area contributed by atoms with Crippen LogP contribution in [0.4, 0.5) is 10.5 Å². The number of urea groups is 1. The van der Waals surface area contributed by atoms with Crippen molar-refractivity contribution < 1.29 is 18.2 Å². The van der Waals surface area contributed by atoms with Crippen LogP contribution in [-0.4, -0.2) is 47.3 Å². The van der Waals surface area contributed by atoms with Crippen molar-refractivity contribution in [2.24, 2.45) is 4.36 Å². The van der Waals surface area contributed by atoms with Gasteiger partial charge in [-0.1, -0.05) is 26.8 Å². The number of carbonyl (C=O) groups excluding carboxylic acids is 1. The van der Waals surface area contributed by atoms with Crippen molar-refractivity contribution in [2.45, 2.75) is 95.0 Å². The molecule has 36 heavy (non-hydrogen) atoms. The summed E-state index contributed by atoms with van der Waals surface area (Å²) in [6, 6.07) is 1.74. The molecule has 1 N–H and O–H groups in total. The predicted octanol–water partition coefficient (Wildman–Crippen LogP) is 5.33. The number of ether oxygens (including phenoxy) is 1. The Hall–Kier alpha value is -2.17. The van der Waals surface area contributed by atoms with Gasteiger partial charge in [-0.3, -0.25) is 0 Å². The van der Waals surface area contributed by atoms with Crippen LogP contribution in [0.5, 0.6) is 5.88 Å². The molecular formula is C26H38N4O4SSi. The molecule has 2 atom stereocenters. The van der Waals surface area contributed by atoms with Gasteiger partial charge in [0.15, 0.2) is 8.32 Å². The summed E-state index contributed by atoms with van der Waals surface area (Å²) in [7, 11) is -4.97. The van der Waals surface area contributed by atoms with Crippen LogP contribution in [0.3, 0.4) is 0 Å². The van der Waals surface area contributed by atoms with Crippen LogP contribution < -0.4 is 10.1 Å². The highest BCUT2D eigenvalue weighted by molar-refractivity contribution is 7.93. The number of hydrogen-bond acceptors (Lipinski definition) is 5. The number of hydrogen-bond donors (Lipinski definition) is 1. The van der Waals surface area contributed by atoms with Crippen LogP contribution in [0.25, 0.3) is 0 Å². The van der Waals surface area contributed by atoms with Crippen molar-refractivity contribution in [1.82, 2.24) is 9.78 Å². The van der Waals surface area contributed by atoms with Gasteiger partial charge in [0.25, 0.3) is 0 Å². The number of nitrogens with zero attached hydrogens (tertiary/aromatic N) is 3. The van der Waals surface area contributed by atoms with E-state index in [0.717, 1.165) is 44.2 Å². The minimum absolute atomic E-state index is 0.104. The van der Waals surface area contributed by atoms with E-state index in [1.54, 1.807) is 4.68 Å². The van der Waals surface area contributed by atoms with E-state index < -0.39 is 24.1 Å². The number of benzene rings is 1. The van der Waals surface area contributed by atoms with Crippen LogP contribution in [0.15, 0.2) is 21.5 Å². The molecule has 2 aromatic rings. The maximum Gasteiger partial charge on any atom is 0.353 e. The average molecular weight is 531 g/mol. The maximum atomic E-state index is 13.6. The van der Waals surface area contributed by atoms with E-state index in [0.29, 0.717) is 23.9 Å². The lowest BCUT2D eigenvalue weighted by molar-refractivity contribution is 0.135. The second kappa shape index (κ2) is 8.99. The van der Waals surface area contributed by atoms with Gasteiger partial charge in [-0.25, -0.2) is 13.7 Å². The van der Waals surface area contributed by atoms with Crippen LogP contribution >= 0.6 is 0 Å². The molecule has 5 rings (SSSR count). The molecule has 196 valence electrons. The smallest absolute Gasteiger partial charge is 0.353 e. The molecule has 10 heteroatoms. The summed E-state index contributed by atoms with van der Waals surface area (Å²) in [4.78, 5) is 13.4. The summed E-state index contributed by atoms with van der Waals surface area (Å²) >= 11 is 0. The van der Waals surface area contributed by atoms with E-state index in [-0.39, 0.29) is 11.1 Å². The zero-order chi connectivity index (χ0) is 25.9.